The van der Waals surface area contributed by atoms with Crippen molar-refractivity contribution in [3.63, 3.8) is 0 Å². The minimum Gasteiger partial charge on any atom is -0.339 e. The molecular formula is C11H14Cl6N4O2. The lowest BCUT2D eigenvalue weighted by Crippen LogP contribution is -2.58. The van der Waals surface area contributed by atoms with Gasteiger partial charge in [0.1, 0.15) is 11.7 Å². The van der Waals surface area contributed by atoms with E-state index in [1.165, 1.54) is 13.1 Å². The van der Waals surface area contributed by atoms with Gasteiger partial charge in [-0.05, 0) is 12.5 Å². The molecule has 1 rings (SSSR count). The molecule has 1 aliphatic rings. The first kappa shape index (κ1) is 21.4. The molecule has 6 nitrogen and oxygen atoms in total. The van der Waals surface area contributed by atoms with Crippen molar-refractivity contribution in [1.82, 2.24) is 10.2 Å². The van der Waals surface area contributed by atoms with Crippen molar-refractivity contribution in [2.24, 2.45) is 11.5 Å². The number of alkyl halides is 6. The number of nitrogens with two attached hydrogens (primary N) is 2. The number of halogens is 6. The number of hydrogen-bond acceptors (Lipinski definition) is 4. The Morgan fingerprint density at radius 3 is 2.13 bits per heavy atom. The van der Waals surface area contributed by atoms with E-state index >= 15 is 0 Å². The van der Waals surface area contributed by atoms with E-state index in [9.17, 15) is 9.59 Å². The predicted octanol–water partition coefficient (Wildman–Crippen LogP) is 1.61. The lowest BCUT2D eigenvalue weighted by molar-refractivity contribution is -0.139. The van der Waals surface area contributed by atoms with Gasteiger partial charge in [-0.3, -0.25) is 9.59 Å². The molecule has 0 aromatic rings. The van der Waals surface area contributed by atoms with Crippen molar-refractivity contribution in [3.8, 4) is 0 Å². The summed E-state index contributed by atoms with van der Waals surface area (Å²) in [6.45, 7) is 0. The maximum absolute atomic E-state index is 12.3. The van der Waals surface area contributed by atoms with Gasteiger partial charge < -0.3 is 21.7 Å². The third-order valence-electron chi connectivity index (χ3n) is 3.15. The number of rotatable bonds is 3. The standard InChI is InChI=1S/C11H14Cl6N4O2/c1-21-5(3-7(19)11(15,16)17)8(22)20-4(9(21)23)2-6(18)10(12,13)14/h3-4,6-7H,2,18-19H2,1H3,(H,20,22)/b5-3+/t4?,6-,7-/m0/s1. The highest BCUT2D eigenvalue weighted by Crippen LogP contribution is 2.33. The molecule has 0 radical (unpaired) electrons. The van der Waals surface area contributed by atoms with E-state index in [0.29, 0.717) is 0 Å². The summed E-state index contributed by atoms with van der Waals surface area (Å²) in [6, 6.07) is -2.99. The molecule has 132 valence electrons. The fraction of sp³-hybridized carbons (Fsp3) is 0.636. The molecule has 1 aliphatic heterocycles. The maximum atomic E-state index is 12.3. The fourth-order valence-corrected chi connectivity index (χ4v) is 2.25. The van der Waals surface area contributed by atoms with Crippen LogP contribution in [-0.2, 0) is 9.59 Å². The van der Waals surface area contributed by atoms with Gasteiger partial charge >= 0.3 is 0 Å². The number of hydrogen-bond donors (Lipinski definition) is 3. The first-order valence-electron chi connectivity index (χ1n) is 6.20. The van der Waals surface area contributed by atoms with E-state index in [1.807, 2.05) is 0 Å². The molecule has 0 saturated carbocycles. The Labute approximate surface area is 163 Å². The molecule has 5 N–H and O–H groups in total. The van der Waals surface area contributed by atoms with Gasteiger partial charge in [-0.15, -0.1) is 0 Å². The van der Waals surface area contributed by atoms with E-state index < -0.39 is 37.5 Å². The van der Waals surface area contributed by atoms with E-state index in [-0.39, 0.29) is 12.1 Å². The predicted molar refractivity (Wildman–Crippen MR) is 93.9 cm³/mol. The van der Waals surface area contributed by atoms with Gasteiger partial charge in [0.25, 0.3) is 5.91 Å². The summed E-state index contributed by atoms with van der Waals surface area (Å²) in [7, 11) is 1.38. The molecule has 1 unspecified atom stereocenters. The third kappa shape index (κ3) is 5.68. The lowest BCUT2D eigenvalue weighted by atomic mass is 10.0. The van der Waals surface area contributed by atoms with Gasteiger partial charge in [-0.2, -0.15) is 0 Å². The van der Waals surface area contributed by atoms with Gasteiger partial charge in [0.15, 0.2) is 0 Å². The van der Waals surface area contributed by atoms with Gasteiger partial charge in [-0.1, -0.05) is 69.6 Å². The summed E-state index contributed by atoms with van der Waals surface area (Å²) in [5.41, 5.74) is 11.3. The lowest BCUT2D eigenvalue weighted by Gasteiger charge is -2.34. The van der Waals surface area contributed by atoms with Crippen LogP contribution in [0.1, 0.15) is 6.42 Å². The van der Waals surface area contributed by atoms with Crippen LogP contribution in [0.15, 0.2) is 11.8 Å². The number of likely N-dealkylation sites (N-methyl/N-ethyl adjacent to an activating group) is 1. The average molecular weight is 447 g/mol. The fourth-order valence-electron chi connectivity index (χ4n) is 1.80. The number of piperazine rings is 1. The van der Waals surface area contributed by atoms with Crippen LogP contribution in [0, 0.1) is 0 Å². The summed E-state index contributed by atoms with van der Waals surface area (Å²) >= 11 is 33.9. The van der Waals surface area contributed by atoms with E-state index in [4.69, 9.17) is 81.1 Å². The van der Waals surface area contributed by atoms with Gasteiger partial charge in [0.05, 0.1) is 12.1 Å². The minimum atomic E-state index is -1.83. The number of carbonyl (C=O) groups excluding carboxylic acids is 2. The molecule has 0 bridgehead atoms. The SMILES string of the molecule is CN1C(=O)C(C[C@H](N)C(Cl)(Cl)Cl)NC(=O)/C1=C\[C@H](N)C(Cl)(Cl)Cl. The summed E-state index contributed by atoms with van der Waals surface area (Å²) in [5, 5.41) is 2.47. The zero-order valence-corrected chi connectivity index (χ0v) is 16.2. The van der Waals surface area contributed by atoms with Crippen molar-refractivity contribution < 1.29 is 9.59 Å². The Morgan fingerprint density at radius 1 is 1.17 bits per heavy atom. The monoisotopic (exact) mass is 444 g/mol. The Hall–Kier alpha value is 0.340. The topological polar surface area (TPSA) is 101 Å². The van der Waals surface area contributed by atoms with Crippen LogP contribution < -0.4 is 16.8 Å². The van der Waals surface area contributed by atoms with Crippen LogP contribution >= 0.6 is 69.6 Å². The molecule has 23 heavy (non-hydrogen) atoms. The van der Waals surface area contributed by atoms with E-state index in [0.717, 1.165) is 4.90 Å². The smallest absolute Gasteiger partial charge is 0.268 e. The number of nitrogens with zero attached hydrogens (tertiary/aromatic N) is 1. The second-order valence-electron chi connectivity index (χ2n) is 4.93. The number of amides is 2. The molecule has 2 amide bonds. The highest BCUT2D eigenvalue weighted by atomic mass is 35.6. The van der Waals surface area contributed by atoms with E-state index in [2.05, 4.69) is 5.32 Å². The molecule has 0 aromatic heterocycles. The van der Waals surface area contributed by atoms with Crippen LogP contribution in [0.4, 0.5) is 0 Å². The quantitative estimate of drug-likeness (QED) is 0.452. The molecule has 0 aliphatic carbocycles. The Balaban J connectivity index is 2.94. The number of nitrogens with one attached hydrogen (secondary N) is 1. The first-order chi connectivity index (χ1) is 10.2. The van der Waals surface area contributed by atoms with E-state index in [1.54, 1.807) is 0 Å². The molecule has 1 heterocycles. The zero-order valence-electron chi connectivity index (χ0n) is 11.7. The molecule has 1 fully saturated rings. The van der Waals surface area contributed by atoms with Gasteiger partial charge in [-0.25, -0.2) is 0 Å². The van der Waals surface area contributed by atoms with Gasteiger partial charge in [0, 0.05) is 7.05 Å². The number of carbonyl (C=O) groups is 2. The van der Waals surface area contributed by atoms with Crippen molar-refractivity contribution in [3.05, 3.63) is 11.8 Å². The van der Waals surface area contributed by atoms with Crippen molar-refractivity contribution in [2.45, 2.75) is 32.1 Å². The molecule has 3 atom stereocenters. The Kier molecular flexibility index (Phi) is 7.16. The highest BCUT2D eigenvalue weighted by Gasteiger charge is 2.40. The van der Waals surface area contributed by atoms with Crippen LogP contribution in [0.25, 0.3) is 0 Å². The summed E-state index contributed by atoms with van der Waals surface area (Å²) < 4.78 is -3.59. The second-order valence-corrected chi connectivity index (χ2v) is 9.66. The van der Waals surface area contributed by atoms with Crippen LogP contribution in [0.3, 0.4) is 0 Å². The summed E-state index contributed by atoms with van der Waals surface area (Å²) in [5.74, 6) is -1.05. The normalized spacial score (nSPS) is 24.7. The Bertz CT molecular complexity index is 516. The van der Waals surface area contributed by atoms with Crippen LogP contribution in [-0.4, -0.2) is 49.5 Å². The van der Waals surface area contributed by atoms with Gasteiger partial charge in [0.2, 0.25) is 13.5 Å². The molecule has 1 saturated heterocycles. The van der Waals surface area contributed by atoms with Crippen molar-refractivity contribution >= 4 is 81.4 Å². The van der Waals surface area contributed by atoms with Crippen LogP contribution in [0.5, 0.6) is 0 Å². The molecule has 12 heteroatoms. The minimum absolute atomic E-state index is 0.0486. The van der Waals surface area contributed by atoms with Crippen molar-refractivity contribution in [2.75, 3.05) is 7.05 Å². The summed E-state index contributed by atoms with van der Waals surface area (Å²) in [4.78, 5) is 25.6. The van der Waals surface area contributed by atoms with Crippen LogP contribution in [0.2, 0.25) is 0 Å². The maximum Gasteiger partial charge on any atom is 0.268 e. The first-order valence-corrected chi connectivity index (χ1v) is 8.46. The largest absolute Gasteiger partial charge is 0.339 e. The third-order valence-corrected chi connectivity index (χ3v) is 4.75. The zero-order chi connectivity index (χ0) is 18.2. The Morgan fingerprint density at radius 2 is 1.70 bits per heavy atom. The molecule has 0 spiro atoms. The molecular weight excluding hydrogens is 433 g/mol. The highest BCUT2D eigenvalue weighted by molar-refractivity contribution is 6.68. The molecule has 0 aromatic carbocycles. The average Bonchev–Trinajstić information content (AvgIpc) is 2.38. The summed E-state index contributed by atoms with van der Waals surface area (Å²) in [6.07, 6.45) is 1.13. The van der Waals surface area contributed by atoms with Crippen molar-refractivity contribution in [1.29, 1.82) is 0 Å². The second kappa shape index (κ2) is 7.70.